The Balaban J connectivity index is 3.37. The molecule has 74 valence electrons. The van der Waals surface area contributed by atoms with Gasteiger partial charge in [-0.2, -0.15) is 5.26 Å². The molecule has 0 saturated carbocycles. The summed E-state index contributed by atoms with van der Waals surface area (Å²) in [5, 5.41) is 8.60. The summed E-state index contributed by atoms with van der Waals surface area (Å²) in [7, 11) is 0. The molecule has 0 bridgehead atoms. The van der Waals surface area contributed by atoms with Gasteiger partial charge in [-0.1, -0.05) is 15.9 Å². The van der Waals surface area contributed by atoms with E-state index in [9.17, 15) is 13.2 Å². The molecule has 1 rings (SSSR count). The molecule has 0 saturated heterocycles. The van der Waals surface area contributed by atoms with Crippen LogP contribution in [-0.4, -0.2) is 4.98 Å². The molecule has 1 aromatic rings. The number of pyridine rings is 1. The van der Waals surface area contributed by atoms with Crippen molar-refractivity contribution in [3.63, 3.8) is 0 Å². The predicted octanol–water partition coefficient (Wildman–Crippen LogP) is 2.92. The highest BCUT2D eigenvalue weighted by Crippen LogP contribution is 2.23. The summed E-state index contributed by atoms with van der Waals surface area (Å²) in [4.78, 5) is 3.46. The Morgan fingerprint density at radius 2 is 2.21 bits per heavy atom. The topological polar surface area (TPSA) is 36.7 Å². The Morgan fingerprint density at radius 3 is 2.64 bits per heavy atom. The number of hydrogen-bond acceptors (Lipinski definition) is 2. The quantitative estimate of drug-likeness (QED) is 0.771. The van der Waals surface area contributed by atoms with Crippen LogP contribution in [0.5, 0.6) is 0 Å². The predicted molar refractivity (Wildman–Crippen MR) is 46.5 cm³/mol. The number of aromatic nitrogens is 1. The third kappa shape index (κ3) is 2.04. The Hall–Kier alpha value is -1.09. The maximum absolute atomic E-state index is 13.0. The number of nitriles is 1. The second-order valence-electron chi connectivity index (χ2n) is 2.40. The minimum Gasteiger partial charge on any atom is -0.249 e. The third-order valence-corrected chi connectivity index (χ3v) is 2.08. The van der Waals surface area contributed by atoms with Gasteiger partial charge in [0.1, 0.15) is 23.1 Å². The molecule has 1 aromatic heterocycles. The van der Waals surface area contributed by atoms with Crippen molar-refractivity contribution in [2.75, 3.05) is 0 Å². The van der Waals surface area contributed by atoms with Gasteiger partial charge in [-0.25, -0.2) is 18.2 Å². The second-order valence-corrected chi connectivity index (χ2v) is 2.96. The first-order valence-corrected chi connectivity index (χ1v) is 4.65. The van der Waals surface area contributed by atoms with Crippen molar-refractivity contribution in [2.24, 2.45) is 0 Å². The van der Waals surface area contributed by atoms with Crippen LogP contribution in [0, 0.1) is 17.1 Å². The fraction of sp³-hybridized carbons (Fsp3) is 0.250. The van der Waals surface area contributed by atoms with Crippen molar-refractivity contribution in [1.82, 2.24) is 4.98 Å². The lowest BCUT2D eigenvalue weighted by molar-refractivity contribution is 0.145. The lowest BCUT2D eigenvalue weighted by atomic mass is 10.2. The number of hydrogen-bond donors (Lipinski definition) is 0. The molecule has 2 nitrogen and oxygen atoms in total. The molecule has 0 N–H and O–H groups in total. The van der Waals surface area contributed by atoms with E-state index in [1.54, 1.807) is 0 Å². The Kier molecular flexibility index (Phi) is 3.47. The van der Waals surface area contributed by atoms with Crippen LogP contribution in [0.4, 0.5) is 13.2 Å². The average Bonchev–Trinajstić information content (AvgIpc) is 2.16. The molecule has 0 spiro atoms. The zero-order valence-electron chi connectivity index (χ0n) is 6.77. The molecule has 0 radical (unpaired) electrons. The first-order valence-electron chi connectivity index (χ1n) is 3.53. The monoisotopic (exact) mass is 264 g/mol. The SMILES string of the molecule is N#Cc1c(F)cc(CBr)nc1C(F)F. The van der Waals surface area contributed by atoms with Gasteiger partial charge in [0.15, 0.2) is 0 Å². The molecule has 0 aliphatic carbocycles. The molecule has 0 amide bonds. The van der Waals surface area contributed by atoms with Gasteiger partial charge in [-0.3, -0.25) is 0 Å². The van der Waals surface area contributed by atoms with E-state index >= 15 is 0 Å². The zero-order chi connectivity index (χ0) is 10.7. The largest absolute Gasteiger partial charge is 0.281 e. The maximum atomic E-state index is 13.0. The van der Waals surface area contributed by atoms with Gasteiger partial charge in [0, 0.05) is 5.33 Å². The lowest BCUT2D eigenvalue weighted by Gasteiger charge is -2.04. The summed E-state index contributed by atoms with van der Waals surface area (Å²) in [6.07, 6.45) is -2.95. The van der Waals surface area contributed by atoms with Crippen molar-refractivity contribution >= 4 is 15.9 Å². The third-order valence-electron chi connectivity index (χ3n) is 1.51. The Bertz CT molecular complexity index is 387. The normalized spacial score (nSPS) is 10.3. The van der Waals surface area contributed by atoms with Crippen molar-refractivity contribution < 1.29 is 13.2 Å². The summed E-state index contributed by atoms with van der Waals surface area (Å²) in [5.74, 6) is -0.966. The molecule has 1 heterocycles. The first-order chi connectivity index (χ1) is 6.60. The van der Waals surface area contributed by atoms with E-state index in [0.717, 1.165) is 6.07 Å². The first kappa shape index (κ1) is 11.0. The van der Waals surface area contributed by atoms with Gasteiger partial charge < -0.3 is 0 Å². The fourth-order valence-electron chi connectivity index (χ4n) is 0.921. The van der Waals surface area contributed by atoms with Crippen LogP contribution < -0.4 is 0 Å². The van der Waals surface area contributed by atoms with Crippen LogP contribution in [0.25, 0.3) is 0 Å². The molecular formula is C8H4BrF3N2. The number of alkyl halides is 3. The lowest BCUT2D eigenvalue weighted by Crippen LogP contribution is -2.02. The zero-order valence-corrected chi connectivity index (χ0v) is 8.35. The number of halogens is 4. The second kappa shape index (κ2) is 4.42. The minimum absolute atomic E-state index is 0.136. The highest BCUT2D eigenvalue weighted by Gasteiger charge is 2.19. The Morgan fingerprint density at radius 1 is 1.57 bits per heavy atom. The van der Waals surface area contributed by atoms with Gasteiger partial charge in [-0.15, -0.1) is 0 Å². The molecule has 0 unspecified atom stereocenters. The number of nitrogens with zero attached hydrogens (tertiary/aromatic N) is 2. The summed E-state index contributed by atoms with van der Waals surface area (Å²) >= 11 is 2.96. The molecular weight excluding hydrogens is 261 g/mol. The van der Waals surface area contributed by atoms with E-state index in [4.69, 9.17) is 5.26 Å². The molecule has 6 heteroatoms. The van der Waals surface area contributed by atoms with Crippen molar-refractivity contribution in [2.45, 2.75) is 11.8 Å². The van der Waals surface area contributed by atoms with Gasteiger partial charge >= 0.3 is 0 Å². The highest BCUT2D eigenvalue weighted by molar-refractivity contribution is 9.08. The minimum atomic E-state index is -2.95. The van der Waals surface area contributed by atoms with Crippen LogP contribution in [0.2, 0.25) is 0 Å². The molecule has 0 aliphatic heterocycles. The van der Waals surface area contributed by atoms with Gasteiger partial charge in [0.2, 0.25) is 0 Å². The summed E-state index contributed by atoms with van der Waals surface area (Å²) < 4.78 is 37.7. The van der Waals surface area contributed by atoms with Gasteiger partial charge in [0.25, 0.3) is 6.43 Å². The van der Waals surface area contributed by atoms with E-state index in [1.165, 1.54) is 6.07 Å². The van der Waals surface area contributed by atoms with Crippen molar-refractivity contribution in [3.05, 3.63) is 28.8 Å². The summed E-state index contributed by atoms with van der Waals surface area (Å²) in [6, 6.07) is 2.32. The average molecular weight is 265 g/mol. The van der Waals surface area contributed by atoms with Crippen LogP contribution in [0.15, 0.2) is 6.07 Å². The standard InChI is InChI=1S/C8H4BrF3N2/c9-2-4-1-6(10)5(3-13)7(14-4)8(11)12/h1,8H,2H2. The van der Waals surface area contributed by atoms with Crippen LogP contribution in [0.3, 0.4) is 0 Å². The summed E-state index contributed by atoms with van der Waals surface area (Å²) in [5.41, 5.74) is -1.36. The molecule has 0 fully saturated rings. The molecule has 0 atom stereocenters. The fourth-order valence-corrected chi connectivity index (χ4v) is 1.21. The van der Waals surface area contributed by atoms with Crippen LogP contribution >= 0.6 is 15.9 Å². The molecule has 0 aromatic carbocycles. The van der Waals surface area contributed by atoms with Crippen LogP contribution in [-0.2, 0) is 5.33 Å². The van der Waals surface area contributed by atoms with E-state index in [2.05, 4.69) is 20.9 Å². The van der Waals surface area contributed by atoms with Crippen molar-refractivity contribution in [3.8, 4) is 6.07 Å². The summed E-state index contributed by atoms with van der Waals surface area (Å²) in [6.45, 7) is 0. The smallest absolute Gasteiger partial charge is 0.249 e. The van der Waals surface area contributed by atoms with Crippen molar-refractivity contribution in [1.29, 1.82) is 5.26 Å². The van der Waals surface area contributed by atoms with Crippen LogP contribution in [0.1, 0.15) is 23.4 Å². The van der Waals surface area contributed by atoms with E-state index < -0.39 is 23.5 Å². The number of rotatable bonds is 2. The maximum Gasteiger partial charge on any atom is 0.281 e. The molecule has 0 aliphatic rings. The van der Waals surface area contributed by atoms with E-state index in [-0.39, 0.29) is 11.0 Å². The highest BCUT2D eigenvalue weighted by atomic mass is 79.9. The van der Waals surface area contributed by atoms with E-state index in [1.807, 2.05) is 0 Å². The molecule has 14 heavy (non-hydrogen) atoms. The van der Waals surface area contributed by atoms with Gasteiger partial charge in [-0.05, 0) is 6.07 Å². The van der Waals surface area contributed by atoms with E-state index in [0.29, 0.717) is 0 Å². The van der Waals surface area contributed by atoms with Gasteiger partial charge in [0.05, 0.1) is 5.69 Å². The Labute approximate surface area is 86.5 Å².